The molecule has 1 amide bonds. The Morgan fingerprint density at radius 2 is 2.16 bits per heavy atom. The van der Waals surface area contributed by atoms with Crippen molar-refractivity contribution in [2.75, 3.05) is 26.2 Å². The lowest BCUT2D eigenvalue weighted by Gasteiger charge is -2.40. The molecule has 1 saturated heterocycles. The molecule has 25 heavy (non-hydrogen) atoms. The average molecular weight is 527 g/mol. The van der Waals surface area contributed by atoms with Crippen LogP contribution in [-0.2, 0) is 11.3 Å². The molecular formula is C17H21BrFIN2O3. The number of hydrogen-bond donors (Lipinski definition) is 0. The first-order valence-corrected chi connectivity index (χ1v) is 10.0. The van der Waals surface area contributed by atoms with Gasteiger partial charge in [-0.15, -0.1) is 0 Å². The van der Waals surface area contributed by atoms with E-state index in [1.54, 1.807) is 4.90 Å². The third kappa shape index (κ3) is 4.21. The number of piperazine rings is 1. The number of halogens is 3. The fourth-order valence-corrected chi connectivity index (χ4v) is 4.10. The molecule has 5 nitrogen and oxygen atoms in total. The van der Waals surface area contributed by atoms with Crippen LogP contribution < -0.4 is 4.74 Å². The summed E-state index contributed by atoms with van der Waals surface area (Å²) in [7, 11) is 0. The molecule has 2 aliphatic heterocycles. The van der Waals surface area contributed by atoms with Crippen LogP contribution in [0.2, 0.25) is 0 Å². The molecule has 1 aromatic rings. The van der Waals surface area contributed by atoms with Gasteiger partial charge in [0.25, 0.3) is 0 Å². The maximum atomic E-state index is 14.1. The quantitative estimate of drug-likeness (QED) is 0.378. The van der Waals surface area contributed by atoms with E-state index in [-0.39, 0.29) is 18.0 Å². The minimum Gasteiger partial charge on any atom is -0.490 e. The predicted octanol–water partition coefficient (Wildman–Crippen LogP) is 4.01. The van der Waals surface area contributed by atoms with E-state index in [0.29, 0.717) is 37.3 Å². The summed E-state index contributed by atoms with van der Waals surface area (Å²) in [6, 6.07) is 1.59. The molecule has 0 bridgehead atoms. The van der Waals surface area contributed by atoms with Crippen molar-refractivity contribution in [1.82, 2.24) is 9.80 Å². The van der Waals surface area contributed by atoms with Gasteiger partial charge in [0.15, 0.2) is 0 Å². The van der Waals surface area contributed by atoms with Gasteiger partial charge in [-0.05, 0) is 65.4 Å². The number of hydrogen-bond acceptors (Lipinski definition) is 4. The van der Waals surface area contributed by atoms with Gasteiger partial charge in [0.05, 0.1) is 14.1 Å². The van der Waals surface area contributed by atoms with Crippen LogP contribution in [0.5, 0.6) is 5.75 Å². The third-order valence-electron chi connectivity index (χ3n) is 4.24. The summed E-state index contributed by atoms with van der Waals surface area (Å²) in [6.07, 6.45) is -0.294. The Labute approximate surface area is 169 Å². The van der Waals surface area contributed by atoms with Gasteiger partial charge in [-0.1, -0.05) is 0 Å². The Hall–Kier alpha value is -0.610. The Kier molecular flexibility index (Phi) is 5.51. The molecule has 0 aliphatic carbocycles. The van der Waals surface area contributed by atoms with Crippen LogP contribution in [0.1, 0.15) is 26.3 Å². The molecule has 0 radical (unpaired) electrons. The van der Waals surface area contributed by atoms with Crippen molar-refractivity contribution in [3.05, 3.63) is 25.5 Å². The fourth-order valence-electron chi connectivity index (χ4n) is 3.05. The van der Waals surface area contributed by atoms with Gasteiger partial charge < -0.3 is 14.4 Å². The van der Waals surface area contributed by atoms with E-state index in [2.05, 4.69) is 43.4 Å². The molecule has 0 saturated carbocycles. The van der Waals surface area contributed by atoms with Gasteiger partial charge in [-0.2, -0.15) is 0 Å². The maximum absolute atomic E-state index is 14.1. The number of nitrogens with zero attached hydrogens (tertiary/aromatic N) is 2. The van der Waals surface area contributed by atoms with Crippen LogP contribution in [0.3, 0.4) is 0 Å². The topological polar surface area (TPSA) is 42.0 Å². The summed E-state index contributed by atoms with van der Waals surface area (Å²) in [4.78, 5) is 16.3. The maximum Gasteiger partial charge on any atom is 0.410 e. The molecule has 2 heterocycles. The number of carbonyl (C=O) groups excluding carboxylic acids is 1. The first-order chi connectivity index (χ1) is 11.7. The first kappa shape index (κ1) is 19.2. The summed E-state index contributed by atoms with van der Waals surface area (Å²) in [5, 5.41) is 0. The van der Waals surface area contributed by atoms with Gasteiger partial charge in [0.1, 0.15) is 23.8 Å². The number of benzene rings is 1. The number of ether oxygens (including phenoxy) is 2. The van der Waals surface area contributed by atoms with E-state index < -0.39 is 5.60 Å². The summed E-state index contributed by atoms with van der Waals surface area (Å²) in [5.41, 5.74) is 0.336. The van der Waals surface area contributed by atoms with Crippen molar-refractivity contribution >= 4 is 44.6 Å². The van der Waals surface area contributed by atoms with Crippen molar-refractivity contribution in [3.63, 3.8) is 0 Å². The number of rotatable bonds is 0. The van der Waals surface area contributed by atoms with Gasteiger partial charge >= 0.3 is 6.09 Å². The van der Waals surface area contributed by atoms with Gasteiger partial charge in [0.2, 0.25) is 0 Å². The second kappa shape index (κ2) is 7.19. The lowest BCUT2D eigenvalue weighted by Crippen LogP contribution is -2.56. The molecule has 1 fully saturated rings. The molecule has 1 atom stereocenters. The zero-order valence-electron chi connectivity index (χ0n) is 14.4. The summed E-state index contributed by atoms with van der Waals surface area (Å²) < 4.78 is 26.7. The third-order valence-corrected chi connectivity index (χ3v) is 6.79. The van der Waals surface area contributed by atoms with E-state index in [1.807, 2.05) is 20.8 Å². The molecule has 138 valence electrons. The number of carbonyl (C=O) groups is 1. The second-order valence-electron chi connectivity index (χ2n) is 7.34. The van der Waals surface area contributed by atoms with Crippen molar-refractivity contribution in [2.24, 2.45) is 0 Å². The lowest BCUT2D eigenvalue weighted by atomic mass is 10.1. The largest absolute Gasteiger partial charge is 0.490 e. The van der Waals surface area contributed by atoms with Gasteiger partial charge in [-0.25, -0.2) is 9.18 Å². The van der Waals surface area contributed by atoms with E-state index >= 15 is 0 Å². The van der Waals surface area contributed by atoms with E-state index in [4.69, 9.17) is 9.47 Å². The second-order valence-corrected chi connectivity index (χ2v) is 9.21. The Morgan fingerprint density at radius 1 is 1.44 bits per heavy atom. The van der Waals surface area contributed by atoms with Crippen LogP contribution >= 0.6 is 38.5 Å². The van der Waals surface area contributed by atoms with Crippen LogP contribution in [0.4, 0.5) is 9.18 Å². The molecular weight excluding hydrogens is 506 g/mol. The highest BCUT2D eigenvalue weighted by molar-refractivity contribution is 14.1. The SMILES string of the molecule is CC(C)(C)OC(=O)N1CCN2Cc3cc(F)c(Br)c(I)c3OC[C@H]2C1. The summed E-state index contributed by atoms with van der Waals surface area (Å²) in [6.45, 7) is 8.51. The number of amides is 1. The number of fused-ring (bicyclic) bond motifs is 2. The summed E-state index contributed by atoms with van der Waals surface area (Å²) in [5.74, 6) is 0.449. The monoisotopic (exact) mass is 526 g/mol. The molecule has 2 aliphatic rings. The molecule has 0 aromatic heterocycles. The van der Waals surface area contributed by atoms with Gasteiger partial charge in [-0.3, -0.25) is 4.90 Å². The summed E-state index contributed by atoms with van der Waals surface area (Å²) >= 11 is 5.37. The highest BCUT2D eigenvalue weighted by atomic mass is 127. The minimum atomic E-state index is -0.510. The van der Waals surface area contributed by atoms with Crippen LogP contribution in [-0.4, -0.2) is 53.8 Å². The molecule has 8 heteroatoms. The molecule has 3 rings (SSSR count). The molecule has 0 unspecified atom stereocenters. The van der Waals surface area contributed by atoms with Crippen molar-refractivity contribution in [3.8, 4) is 5.75 Å². The highest BCUT2D eigenvalue weighted by Crippen LogP contribution is 2.37. The standard InChI is InChI=1S/C17H21BrFIN2O3/c1-17(2,3)25-16(23)22-5-4-21-7-10-6-12(19)13(18)14(20)15(10)24-9-11(21)8-22/h6,11H,4-5,7-9H2,1-3H3/t11-/m1/s1. The zero-order valence-corrected chi connectivity index (χ0v) is 18.2. The first-order valence-electron chi connectivity index (χ1n) is 8.17. The smallest absolute Gasteiger partial charge is 0.410 e. The Bertz CT molecular complexity index is 695. The lowest BCUT2D eigenvalue weighted by molar-refractivity contribution is -0.00156. The minimum absolute atomic E-state index is 0.0614. The van der Waals surface area contributed by atoms with Crippen LogP contribution in [0.25, 0.3) is 0 Å². The van der Waals surface area contributed by atoms with E-state index in [9.17, 15) is 9.18 Å². The normalized spacial score (nSPS) is 21.0. The van der Waals surface area contributed by atoms with Crippen LogP contribution in [0, 0.1) is 9.39 Å². The van der Waals surface area contributed by atoms with Crippen molar-refractivity contribution in [2.45, 2.75) is 39.0 Å². The van der Waals surface area contributed by atoms with Crippen molar-refractivity contribution < 1.29 is 18.7 Å². The molecule has 0 spiro atoms. The Morgan fingerprint density at radius 3 is 2.84 bits per heavy atom. The predicted molar refractivity (Wildman–Crippen MR) is 104 cm³/mol. The van der Waals surface area contributed by atoms with E-state index in [0.717, 1.165) is 14.9 Å². The zero-order chi connectivity index (χ0) is 18.4. The Balaban J connectivity index is 1.75. The highest BCUT2D eigenvalue weighted by Gasteiger charge is 2.35. The van der Waals surface area contributed by atoms with E-state index in [1.165, 1.54) is 6.07 Å². The van der Waals surface area contributed by atoms with Gasteiger partial charge in [0, 0.05) is 31.7 Å². The van der Waals surface area contributed by atoms with Crippen molar-refractivity contribution in [1.29, 1.82) is 0 Å². The molecule has 1 aromatic carbocycles. The average Bonchev–Trinajstić information content (AvgIpc) is 2.69. The van der Waals surface area contributed by atoms with Crippen LogP contribution in [0.15, 0.2) is 10.5 Å². The fraction of sp³-hybridized carbons (Fsp3) is 0.588. The molecule has 0 N–H and O–H groups in total.